The average molecular weight is 381 g/mol. The third-order valence-corrected chi connectivity index (χ3v) is 3.92. The summed E-state index contributed by atoms with van der Waals surface area (Å²) in [5.41, 5.74) is -1.52. The first-order valence-electron chi connectivity index (χ1n) is 7.78. The van der Waals surface area contributed by atoms with E-state index in [2.05, 4.69) is 15.6 Å². The van der Waals surface area contributed by atoms with Gasteiger partial charge in [0.15, 0.2) is 17.5 Å². The number of carbonyl (C=O) groups is 3. The van der Waals surface area contributed by atoms with Crippen molar-refractivity contribution >= 4 is 23.3 Å². The number of amides is 2. The Kier molecular flexibility index (Phi) is 4.75. The summed E-state index contributed by atoms with van der Waals surface area (Å²) in [5.74, 6) is -7.46. The molecule has 2 amide bonds. The van der Waals surface area contributed by atoms with Gasteiger partial charge in [0.25, 0.3) is 17.6 Å². The first kappa shape index (κ1) is 18.6. The summed E-state index contributed by atoms with van der Waals surface area (Å²) in [4.78, 5) is 39.2. The molecule has 1 aliphatic heterocycles. The smallest absolute Gasteiger partial charge is 0.294 e. The molecule has 27 heavy (non-hydrogen) atoms. The number of Topliss-reactive ketones (excluding diaryl/α,β-unsaturated/α-hetero) is 1. The van der Waals surface area contributed by atoms with Crippen molar-refractivity contribution in [1.82, 2.24) is 10.3 Å². The van der Waals surface area contributed by atoms with Gasteiger partial charge in [-0.05, 0) is 13.0 Å². The summed E-state index contributed by atoms with van der Waals surface area (Å²) in [6, 6.07) is 2.41. The summed E-state index contributed by atoms with van der Waals surface area (Å²) in [6.07, 6.45) is 1.26. The second-order valence-corrected chi connectivity index (χ2v) is 6.31. The molecule has 0 saturated carbocycles. The lowest BCUT2D eigenvalue weighted by Gasteiger charge is -2.38. The molecule has 1 saturated heterocycles. The second-order valence-electron chi connectivity index (χ2n) is 6.31. The van der Waals surface area contributed by atoms with E-state index >= 15 is 0 Å². The van der Waals surface area contributed by atoms with E-state index in [9.17, 15) is 27.6 Å². The number of aromatic nitrogens is 1. The molecule has 1 fully saturated rings. The third-order valence-electron chi connectivity index (χ3n) is 3.92. The Morgan fingerprint density at radius 2 is 1.78 bits per heavy atom. The molecule has 1 aromatic carbocycles. The molecule has 10 heteroatoms. The highest BCUT2D eigenvalue weighted by Gasteiger charge is 2.37. The summed E-state index contributed by atoms with van der Waals surface area (Å²) < 4.78 is 44.5. The second kappa shape index (κ2) is 6.88. The fourth-order valence-electron chi connectivity index (χ4n) is 2.50. The van der Waals surface area contributed by atoms with Crippen molar-refractivity contribution in [2.45, 2.75) is 12.5 Å². The fourth-order valence-corrected chi connectivity index (χ4v) is 2.50. The number of halogens is 3. The highest BCUT2D eigenvalue weighted by molar-refractivity contribution is 6.43. The number of nitrogens with one attached hydrogen (secondary N) is 3. The van der Waals surface area contributed by atoms with Crippen molar-refractivity contribution in [3.63, 3.8) is 0 Å². The van der Waals surface area contributed by atoms with Gasteiger partial charge in [-0.3, -0.25) is 14.4 Å². The van der Waals surface area contributed by atoms with Gasteiger partial charge in [0.2, 0.25) is 0 Å². The van der Waals surface area contributed by atoms with Crippen molar-refractivity contribution in [1.29, 1.82) is 0 Å². The molecule has 1 aliphatic rings. The molecule has 3 rings (SSSR count). The average Bonchev–Trinajstić information content (AvgIpc) is 3.07. The van der Waals surface area contributed by atoms with Gasteiger partial charge in [0.05, 0.1) is 24.3 Å². The topological polar surface area (TPSA) is 100 Å². The maximum Gasteiger partial charge on any atom is 0.294 e. The van der Waals surface area contributed by atoms with E-state index in [1.807, 2.05) is 0 Å². The number of aromatic amines is 1. The summed E-state index contributed by atoms with van der Waals surface area (Å²) in [6.45, 7) is 2.21. The number of carbonyl (C=O) groups excluding carboxylic acids is 3. The Balaban J connectivity index is 1.76. The number of hydrogen-bond acceptors (Lipinski definition) is 4. The lowest BCUT2D eigenvalue weighted by molar-refractivity contribution is -0.126. The first-order chi connectivity index (χ1) is 12.7. The van der Waals surface area contributed by atoms with Gasteiger partial charge in [-0.1, -0.05) is 0 Å². The predicted octanol–water partition coefficient (Wildman–Crippen LogP) is 1.77. The summed E-state index contributed by atoms with van der Waals surface area (Å²) in [5, 5.41) is 4.66. The largest absolute Gasteiger partial charge is 0.376 e. The molecule has 2 heterocycles. The standard InChI is InChI=1S/C17H14F3N3O4/c1-17(6-27-7-17)23-16(26)14(24)13-9(2-3-21-13)15(25)22-8-4-10(18)12(20)11(19)5-8/h2-5,21H,6-7H2,1H3,(H,22,25)(H,23,26). The van der Waals surface area contributed by atoms with Crippen molar-refractivity contribution in [3.8, 4) is 0 Å². The minimum absolute atomic E-state index is 0.213. The van der Waals surface area contributed by atoms with Crippen LogP contribution in [0.4, 0.5) is 18.9 Å². The van der Waals surface area contributed by atoms with Crippen LogP contribution in [0.3, 0.4) is 0 Å². The zero-order valence-electron chi connectivity index (χ0n) is 14.0. The van der Waals surface area contributed by atoms with Crippen LogP contribution in [-0.4, -0.2) is 41.3 Å². The quantitative estimate of drug-likeness (QED) is 0.418. The van der Waals surface area contributed by atoms with Gasteiger partial charge in [-0.15, -0.1) is 0 Å². The lowest BCUT2D eigenvalue weighted by Crippen LogP contribution is -2.61. The van der Waals surface area contributed by atoms with Gasteiger partial charge < -0.3 is 20.4 Å². The molecular formula is C17H14F3N3O4. The van der Waals surface area contributed by atoms with Crippen LogP contribution in [0.1, 0.15) is 27.8 Å². The molecule has 142 valence electrons. The Morgan fingerprint density at radius 3 is 2.33 bits per heavy atom. The maximum absolute atomic E-state index is 13.3. The number of ether oxygens (including phenoxy) is 1. The van der Waals surface area contributed by atoms with Gasteiger partial charge in [-0.25, -0.2) is 13.2 Å². The number of rotatable bonds is 5. The molecule has 7 nitrogen and oxygen atoms in total. The SMILES string of the molecule is CC1(NC(=O)C(=O)c2[nH]ccc2C(=O)Nc2cc(F)c(F)c(F)c2)COC1. The van der Waals surface area contributed by atoms with Crippen molar-refractivity contribution in [2.24, 2.45) is 0 Å². The van der Waals surface area contributed by atoms with Gasteiger partial charge >= 0.3 is 0 Å². The lowest BCUT2D eigenvalue weighted by atomic mass is 10.00. The number of H-pyrrole nitrogens is 1. The molecule has 2 aromatic rings. The van der Waals surface area contributed by atoms with Crippen molar-refractivity contribution in [3.05, 3.63) is 53.1 Å². The maximum atomic E-state index is 13.3. The number of ketones is 1. The molecule has 3 N–H and O–H groups in total. The summed E-state index contributed by atoms with van der Waals surface area (Å²) >= 11 is 0. The molecule has 1 aromatic heterocycles. The molecule has 0 aliphatic carbocycles. The Labute approximate surface area is 150 Å². The van der Waals surface area contributed by atoms with Gasteiger partial charge in [0.1, 0.15) is 5.69 Å². The van der Waals surface area contributed by atoms with Crippen LogP contribution in [0.15, 0.2) is 24.4 Å². The third kappa shape index (κ3) is 3.70. The Bertz CT molecular complexity index is 914. The van der Waals surface area contributed by atoms with Crippen LogP contribution in [0.2, 0.25) is 0 Å². The van der Waals surface area contributed by atoms with E-state index in [-0.39, 0.29) is 30.2 Å². The Hall–Kier alpha value is -3.14. The van der Waals surface area contributed by atoms with Crippen LogP contribution in [-0.2, 0) is 9.53 Å². The number of benzene rings is 1. The van der Waals surface area contributed by atoms with Crippen LogP contribution >= 0.6 is 0 Å². The van der Waals surface area contributed by atoms with E-state index in [1.165, 1.54) is 12.3 Å². The monoisotopic (exact) mass is 381 g/mol. The first-order valence-corrected chi connectivity index (χ1v) is 7.78. The summed E-state index contributed by atoms with van der Waals surface area (Å²) in [7, 11) is 0. The van der Waals surface area contributed by atoms with Crippen LogP contribution in [0.25, 0.3) is 0 Å². The highest BCUT2D eigenvalue weighted by atomic mass is 19.2. The van der Waals surface area contributed by atoms with E-state index in [0.717, 1.165) is 0 Å². The van der Waals surface area contributed by atoms with Crippen LogP contribution in [0, 0.1) is 17.5 Å². The molecular weight excluding hydrogens is 367 g/mol. The van der Waals surface area contributed by atoms with Crippen molar-refractivity contribution in [2.75, 3.05) is 18.5 Å². The highest BCUT2D eigenvalue weighted by Crippen LogP contribution is 2.20. The molecule has 0 bridgehead atoms. The van der Waals surface area contributed by atoms with E-state index in [4.69, 9.17) is 4.74 Å². The number of anilines is 1. The Morgan fingerprint density at radius 1 is 1.15 bits per heavy atom. The number of hydrogen-bond donors (Lipinski definition) is 3. The van der Waals surface area contributed by atoms with Crippen LogP contribution < -0.4 is 10.6 Å². The molecule has 0 unspecified atom stereocenters. The zero-order chi connectivity index (χ0) is 19.8. The minimum atomic E-state index is -1.67. The molecule has 0 spiro atoms. The fraction of sp³-hybridized carbons (Fsp3) is 0.235. The zero-order valence-corrected chi connectivity index (χ0v) is 14.0. The van der Waals surface area contributed by atoms with Gasteiger partial charge in [-0.2, -0.15) is 0 Å². The normalized spacial score (nSPS) is 15.0. The van der Waals surface area contributed by atoms with E-state index in [1.54, 1.807) is 6.92 Å². The predicted molar refractivity (Wildman–Crippen MR) is 86.8 cm³/mol. The molecule has 0 radical (unpaired) electrons. The van der Waals surface area contributed by atoms with Crippen molar-refractivity contribution < 1.29 is 32.3 Å². The molecule has 0 atom stereocenters. The van der Waals surface area contributed by atoms with E-state index in [0.29, 0.717) is 12.1 Å². The van der Waals surface area contributed by atoms with Gasteiger partial charge in [0, 0.05) is 24.0 Å². The minimum Gasteiger partial charge on any atom is -0.376 e. The van der Waals surface area contributed by atoms with Crippen LogP contribution in [0.5, 0.6) is 0 Å². The van der Waals surface area contributed by atoms with E-state index < -0.39 is 40.6 Å².